The molecular formula is C14H21NO. The Morgan fingerprint density at radius 3 is 2.75 bits per heavy atom. The molecule has 1 aliphatic rings. The normalized spacial score (nSPS) is 20.7. The lowest BCUT2D eigenvalue weighted by atomic mass is 9.93. The third-order valence-electron chi connectivity index (χ3n) is 3.40. The molecule has 0 radical (unpaired) electrons. The molecule has 1 saturated heterocycles. The number of methoxy groups -OCH3 is 1. The topological polar surface area (TPSA) is 21.3 Å². The van der Waals surface area contributed by atoms with Gasteiger partial charge in [0.2, 0.25) is 0 Å². The van der Waals surface area contributed by atoms with Crippen molar-refractivity contribution in [3.63, 3.8) is 0 Å². The van der Waals surface area contributed by atoms with Crippen LogP contribution < -0.4 is 10.1 Å². The zero-order valence-electron chi connectivity index (χ0n) is 10.0. The Bertz CT molecular complexity index is 301. The second-order valence-electron chi connectivity index (χ2n) is 4.60. The monoisotopic (exact) mass is 219 g/mol. The van der Waals surface area contributed by atoms with Crippen LogP contribution in [0.3, 0.4) is 0 Å². The van der Waals surface area contributed by atoms with Crippen LogP contribution in [0.25, 0.3) is 0 Å². The van der Waals surface area contributed by atoms with E-state index >= 15 is 0 Å². The molecule has 0 saturated carbocycles. The molecule has 16 heavy (non-hydrogen) atoms. The summed E-state index contributed by atoms with van der Waals surface area (Å²) < 4.78 is 5.15. The maximum atomic E-state index is 5.15. The van der Waals surface area contributed by atoms with Crippen LogP contribution in [-0.2, 0) is 6.42 Å². The van der Waals surface area contributed by atoms with Gasteiger partial charge in [-0.05, 0) is 62.4 Å². The molecule has 1 aromatic rings. The van der Waals surface area contributed by atoms with Crippen molar-refractivity contribution < 1.29 is 4.74 Å². The minimum Gasteiger partial charge on any atom is -0.497 e. The number of piperidine rings is 1. The fraction of sp³-hybridized carbons (Fsp3) is 0.571. The summed E-state index contributed by atoms with van der Waals surface area (Å²) in [6, 6.07) is 8.45. The van der Waals surface area contributed by atoms with Crippen LogP contribution in [-0.4, -0.2) is 20.2 Å². The highest BCUT2D eigenvalue weighted by Gasteiger charge is 2.12. The Kier molecular flexibility index (Phi) is 4.23. The quantitative estimate of drug-likeness (QED) is 0.840. The number of benzene rings is 1. The van der Waals surface area contributed by atoms with Crippen LogP contribution in [0.1, 0.15) is 24.8 Å². The molecule has 1 heterocycles. The second kappa shape index (κ2) is 5.90. The molecule has 1 fully saturated rings. The second-order valence-corrected chi connectivity index (χ2v) is 4.60. The minimum atomic E-state index is 0.871. The summed E-state index contributed by atoms with van der Waals surface area (Å²) >= 11 is 0. The molecule has 2 nitrogen and oxygen atoms in total. The predicted octanol–water partition coefficient (Wildman–Crippen LogP) is 2.63. The van der Waals surface area contributed by atoms with Gasteiger partial charge < -0.3 is 10.1 Å². The predicted molar refractivity (Wildman–Crippen MR) is 66.9 cm³/mol. The van der Waals surface area contributed by atoms with E-state index in [1.54, 1.807) is 7.11 Å². The third-order valence-corrected chi connectivity index (χ3v) is 3.40. The Hall–Kier alpha value is -1.02. The molecule has 0 spiro atoms. The van der Waals surface area contributed by atoms with Crippen molar-refractivity contribution in [2.24, 2.45) is 5.92 Å². The molecule has 0 aliphatic carbocycles. The number of aryl methyl sites for hydroxylation is 1. The van der Waals surface area contributed by atoms with Crippen LogP contribution >= 0.6 is 0 Å². The summed E-state index contributed by atoms with van der Waals surface area (Å²) in [5.74, 6) is 1.82. The van der Waals surface area contributed by atoms with E-state index in [9.17, 15) is 0 Å². The summed E-state index contributed by atoms with van der Waals surface area (Å²) in [7, 11) is 1.71. The van der Waals surface area contributed by atoms with Gasteiger partial charge >= 0.3 is 0 Å². The van der Waals surface area contributed by atoms with Gasteiger partial charge in [-0.15, -0.1) is 0 Å². The van der Waals surface area contributed by atoms with Crippen LogP contribution in [0.2, 0.25) is 0 Å². The maximum absolute atomic E-state index is 5.15. The van der Waals surface area contributed by atoms with Gasteiger partial charge in [0.1, 0.15) is 5.75 Å². The van der Waals surface area contributed by atoms with Gasteiger partial charge in [-0.3, -0.25) is 0 Å². The molecule has 1 aromatic carbocycles. The zero-order valence-corrected chi connectivity index (χ0v) is 10.0. The number of rotatable bonds is 4. The van der Waals surface area contributed by atoms with Gasteiger partial charge in [0, 0.05) is 0 Å². The average molecular weight is 219 g/mol. The fourth-order valence-electron chi connectivity index (χ4n) is 2.33. The Labute approximate surface area is 98.0 Å². The highest BCUT2D eigenvalue weighted by molar-refractivity contribution is 5.27. The molecule has 1 unspecified atom stereocenters. The Morgan fingerprint density at radius 2 is 2.12 bits per heavy atom. The number of hydrogen-bond donors (Lipinski definition) is 1. The molecule has 0 amide bonds. The van der Waals surface area contributed by atoms with E-state index in [1.807, 2.05) is 0 Å². The largest absolute Gasteiger partial charge is 0.497 e. The lowest BCUT2D eigenvalue weighted by Gasteiger charge is -2.22. The SMILES string of the molecule is COc1ccc(CCC2CCCNC2)cc1. The first-order chi connectivity index (χ1) is 7.88. The molecule has 0 bridgehead atoms. The number of nitrogens with one attached hydrogen (secondary N) is 1. The van der Waals surface area contributed by atoms with E-state index in [-0.39, 0.29) is 0 Å². The molecule has 2 heteroatoms. The standard InChI is InChI=1S/C14H21NO/c1-16-14-8-6-12(7-9-14)4-5-13-3-2-10-15-11-13/h6-9,13,15H,2-5,10-11H2,1H3. The molecule has 1 N–H and O–H groups in total. The molecule has 2 rings (SSSR count). The van der Waals surface area contributed by atoms with Crippen molar-refractivity contribution in [3.05, 3.63) is 29.8 Å². The number of hydrogen-bond acceptors (Lipinski definition) is 2. The van der Waals surface area contributed by atoms with Crippen LogP contribution in [0.5, 0.6) is 5.75 Å². The first-order valence-electron chi connectivity index (χ1n) is 6.22. The van der Waals surface area contributed by atoms with Crippen molar-refractivity contribution >= 4 is 0 Å². The van der Waals surface area contributed by atoms with E-state index in [0.717, 1.165) is 11.7 Å². The highest BCUT2D eigenvalue weighted by Crippen LogP contribution is 2.18. The summed E-state index contributed by atoms with van der Waals surface area (Å²) in [5.41, 5.74) is 1.42. The van der Waals surface area contributed by atoms with Gasteiger partial charge in [-0.2, -0.15) is 0 Å². The first kappa shape index (κ1) is 11.5. The first-order valence-corrected chi connectivity index (χ1v) is 6.22. The van der Waals surface area contributed by atoms with Gasteiger partial charge in [0.15, 0.2) is 0 Å². The third kappa shape index (κ3) is 3.24. The van der Waals surface area contributed by atoms with E-state index in [4.69, 9.17) is 4.74 Å². The van der Waals surface area contributed by atoms with Crippen molar-refractivity contribution in [1.82, 2.24) is 5.32 Å². The van der Waals surface area contributed by atoms with Gasteiger partial charge in [-0.25, -0.2) is 0 Å². The van der Waals surface area contributed by atoms with E-state index in [0.29, 0.717) is 0 Å². The van der Waals surface area contributed by atoms with Crippen LogP contribution in [0, 0.1) is 5.92 Å². The summed E-state index contributed by atoms with van der Waals surface area (Å²) in [5, 5.41) is 3.47. The number of ether oxygens (including phenoxy) is 1. The maximum Gasteiger partial charge on any atom is 0.118 e. The lowest BCUT2D eigenvalue weighted by molar-refractivity contribution is 0.358. The van der Waals surface area contributed by atoms with E-state index < -0.39 is 0 Å². The van der Waals surface area contributed by atoms with Crippen molar-refractivity contribution in [2.75, 3.05) is 20.2 Å². The minimum absolute atomic E-state index is 0.871. The van der Waals surface area contributed by atoms with E-state index in [2.05, 4.69) is 29.6 Å². The molecular weight excluding hydrogens is 198 g/mol. The fourth-order valence-corrected chi connectivity index (χ4v) is 2.33. The van der Waals surface area contributed by atoms with Crippen LogP contribution in [0.15, 0.2) is 24.3 Å². The zero-order chi connectivity index (χ0) is 11.2. The van der Waals surface area contributed by atoms with E-state index in [1.165, 1.54) is 44.3 Å². The smallest absolute Gasteiger partial charge is 0.118 e. The highest BCUT2D eigenvalue weighted by atomic mass is 16.5. The van der Waals surface area contributed by atoms with Crippen molar-refractivity contribution in [3.8, 4) is 5.75 Å². The Balaban J connectivity index is 1.79. The molecule has 1 aliphatic heterocycles. The molecule has 0 aromatic heterocycles. The molecule has 88 valence electrons. The van der Waals surface area contributed by atoms with Gasteiger partial charge in [0.25, 0.3) is 0 Å². The summed E-state index contributed by atoms with van der Waals surface area (Å²) in [6.45, 7) is 2.41. The van der Waals surface area contributed by atoms with Crippen LogP contribution in [0.4, 0.5) is 0 Å². The molecule has 1 atom stereocenters. The average Bonchev–Trinajstić information content (AvgIpc) is 2.38. The Morgan fingerprint density at radius 1 is 1.31 bits per heavy atom. The van der Waals surface area contributed by atoms with Crippen molar-refractivity contribution in [1.29, 1.82) is 0 Å². The van der Waals surface area contributed by atoms with Gasteiger partial charge in [-0.1, -0.05) is 12.1 Å². The summed E-state index contributed by atoms with van der Waals surface area (Å²) in [4.78, 5) is 0. The lowest BCUT2D eigenvalue weighted by Crippen LogP contribution is -2.29. The summed E-state index contributed by atoms with van der Waals surface area (Å²) in [6.07, 6.45) is 5.23. The van der Waals surface area contributed by atoms with Crippen molar-refractivity contribution in [2.45, 2.75) is 25.7 Å². The van der Waals surface area contributed by atoms with Gasteiger partial charge in [0.05, 0.1) is 7.11 Å².